The first-order valence-corrected chi connectivity index (χ1v) is 5.14. The van der Waals surface area contributed by atoms with Crippen LogP contribution in [0.15, 0.2) is 18.3 Å². The van der Waals surface area contributed by atoms with Crippen molar-refractivity contribution in [2.75, 3.05) is 7.05 Å². The van der Waals surface area contributed by atoms with Crippen molar-refractivity contribution in [3.05, 3.63) is 24.0 Å². The zero-order valence-electron chi connectivity index (χ0n) is 8.49. The lowest BCUT2D eigenvalue weighted by Crippen LogP contribution is -2.24. The average Bonchev–Trinajstić information content (AvgIpc) is 2.13. The maximum atomic E-state index is 5.77. The van der Waals surface area contributed by atoms with Crippen molar-refractivity contribution >= 4 is 0 Å². The third kappa shape index (κ3) is 2.23. The van der Waals surface area contributed by atoms with Gasteiger partial charge in [0.2, 0.25) is 0 Å². The fraction of sp³-hybridized carbons (Fsp3) is 0.545. The number of hydrogen-bond donors (Lipinski definition) is 1. The monoisotopic (exact) mass is 192 g/mol. The molecule has 3 nitrogen and oxygen atoms in total. The second-order valence-corrected chi connectivity index (χ2v) is 3.68. The molecule has 1 aliphatic rings. The summed E-state index contributed by atoms with van der Waals surface area (Å²) in [6.45, 7) is 0.794. The van der Waals surface area contributed by atoms with E-state index < -0.39 is 0 Å². The lowest BCUT2D eigenvalue weighted by molar-refractivity contribution is 0.120. The Morgan fingerprint density at radius 1 is 1.57 bits per heavy atom. The summed E-state index contributed by atoms with van der Waals surface area (Å²) in [6, 6.07) is 3.94. The Balaban J connectivity index is 1.97. The van der Waals surface area contributed by atoms with Crippen LogP contribution in [0.2, 0.25) is 0 Å². The molecule has 1 aromatic heterocycles. The summed E-state index contributed by atoms with van der Waals surface area (Å²) in [5.74, 6) is 0.954. The van der Waals surface area contributed by atoms with Crippen LogP contribution in [0.4, 0.5) is 0 Å². The van der Waals surface area contributed by atoms with Gasteiger partial charge in [-0.25, -0.2) is 0 Å². The van der Waals surface area contributed by atoms with Gasteiger partial charge in [-0.2, -0.15) is 0 Å². The smallest absolute Gasteiger partial charge is 0.123 e. The maximum absolute atomic E-state index is 5.77. The third-order valence-corrected chi connectivity index (χ3v) is 2.50. The molecule has 3 heteroatoms. The highest BCUT2D eigenvalue weighted by atomic mass is 16.5. The number of nitrogens with zero attached hydrogens (tertiary/aromatic N) is 1. The van der Waals surface area contributed by atoms with Crippen molar-refractivity contribution in [3.63, 3.8) is 0 Å². The Kier molecular flexibility index (Phi) is 2.99. The van der Waals surface area contributed by atoms with Crippen molar-refractivity contribution in [1.29, 1.82) is 0 Å². The lowest BCUT2D eigenvalue weighted by atomic mass is 9.96. The first-order chi connectivity index (χ1) is 6.88. The van der Waals surface area contributed by atoms with E-state index >= 15 is 0 Å². The van der Waals surface area contributed by atoms with E-state index in [2.05, 4.69) is 10.3 Å². The van der Waals surface area contributed by atoms with E-state index in [9.17, 15) is 0 Å². The van der Waals surface area contributed by atoms with Gasteiger partial charge in [-0.1, -0.05) is 0 Å². The van der Waals surface area contributed by atoms with E-state index in [0.717, 1.165) is 18.0 Å². The minimum atomic E-state index is 0.444. The number of ether oxygens (including phenoxy) is 1. The van der Waals surface area contributed by atoms with Crippen LogP contribution in [0.1, 0.15) is 25.0 Å². The van der Waals surface area contributed by atoms with Gasteiger partial charge in [0.1, 0.15) is 5.75 Å². The van der Waals surface area contributed by atoms with Gasteiger partial charge in [-0.05, 0) is 32.4 Å². The van der Waals surface area contributed by atoms with E-state index in [1.54, 1.807) is 6.20 Å². The summed E-state index contributed by atoms with van der Waals surface area (Å²) < 4.78 is 5.77. The molecule has 0 bridgehead atoms. The molecule has 0 radical (unpaired) electrons. The van der Waals surface area contributed by atoms with Gasteiger partial charge in [-0.15, -0.1) is 0 Å². The summed E-state index contributed by atoms with van der Waals surface area (Å²) in [5, 5.41) is 3.07. The summed E-state index contributed by atoms with van der Waals surface area (Å²) in [7, 11) is 1.92. The number of rotatable bonds is 4. The highest BCUT2D eigenvalue weighted by Crippen LogP contribution is 2.24. The highest BCUT2D eigenvalue weighted by molar-refractivity contribution is 5.23. The third-order valence-electron chi connectivity index (χ3n) is 2.50. The minimum Gasteiger partial charge on any atom is -0.490 e. The van der Waals surface area contributed by atoms with Gasteiger partial charge in [0.05, 0.1) is 11.8 Å². The molecule has 0 aromatic carbocycles. The summed E-state index contributed by atoms with van der Waals surface area (Å²) in [6.07, 6.45) is 5.95. The molecular weight excluding hydrogens is 176 g/mol. The molecule has 0 atom stereocenters. The predicted octanol–water partition coefficient (Wildman–Crippen LogP) is 1.73. The van der Waals surface area contributed by atoms with Crippen molar-refractivity contribution in [3.8, 4) is 5.75 Å². The van der Waals surface area contributed by atoms with E-state index in [1.165, 1.54) is 19.3 Å². The SMILES string of the molecule is CNCc1cc(OC2CCC2)ccn1. The topological polar surface area (TPSA) is 34.1 Å². The van der Waals surface area contributed by atoms with Crippen LogP contribution in [0.25, 0.3) is 0 Å². The molecule has 0 amide bonds. The summed E-state index contributed by atoms with van der Waals surface area (Å²) in [4.78, 5) is 4.24. The molecule has 1 aliphatic carbocycles. The molecule has 0 unspecified atom stereocenters. The number of nitrogens with one attached hydrogen (secondary N) is 1. The second kappa shape index (κ2) is 4.42. The van der Waals surface area contributed by atoms with Crippen LogP contribution in [0.3, 0.4) is 0 Å². The van der Waals surface area contributed by atoms with Crippen molar-refractivity contribution in [1.82, 2.24) is 10.3 Å². The van der Waals surface area contributed by atoms with Crippen LogP contribution in [0.5, 0.6) is 5.75 Å². The molecule has 0 spiro atoms. The molecule has 0 aliphatic heterocycles. The van der Waals surface area contributed by atoms with Crippen molar-refractivity contribution in [2.45, 2.75) is 31.9 Å². The van der Waals surface area contributed by atoms with Gasteiger partial charge in [0.15, 0.2) is 0 Å². The molecule has 1 heterocycles. The van der Waals surface area contributed by atoms with Gasteiger partial charge >= 0.3 is 0 Å². The number of aromatic nitrogens is 1. The zero-order chi connectivity index (χ0) is 9.80. The van der Waals surface area contributed by atoms with Gasteiger partial charge in [-0.3, -0.25) is 4.98 Å². The standard InChI is InChI=1S/C11H16N2O/c1-12-8-9-7-11(5-6-13-9)14-10-3-2-4-10/h5-7,10,12H,2-4,8H2,1H3. The predicted molar refractivity (Wildman–Crippen MR) is 55.3 cm³/mol. The first kappa shape index (κ1) is 9.46. The quantitative estimate of drug-likeness (QED) is 0.789. The van der Waals surface area contributed by atoms with E-state index in [0.29, 0.717) is 6.10 Å². The van der Waals surface area contributed by atoms with Gasteiger partial charge < -0.3 is 10.1 Å². The first-order valence-electron chi connectivity index (χ1n) is 5.14. The Morgan fingerprint density at radius 2 is 2.43 bits per heavy atom. The molecule has 1 fully saturated rings. The lowest BCUT2D eigenvalue weighted by Gasteiger charge is -2.26. The molecule has 76 valence electrons. The molecule has 2 rings (SSSR count). The molecule has 1 N–H and O–H groups in total. The van der Waals surface area contributed by atoms with Crippen LogP contribution in [-0.4, -0.2) is 18.1 Å². The molecule has 14 heavy (non-hydrogen) atoms. The molecule has 1 saturated carbocycles. The fourth-order valence-electron chi connectivity index (χ4n) is 1.49. The Hall–Kier alpha value is -1.09. The van der Waals surface area contributed by atoms with Crippen LogP contribution in [-0.2, 0) is 6.54 Å². The van der Waals surface area contributed by atoms with Gasteiger partial charge in [0, 0.05) is 18.8 Å². The molecular formula is C11H16N2O. The fourth-order valence-corrected chi connectivity index (χ4v) is 1.49. The Morgan fingerprint density at radius 3 is 3.07 bits per heavy atom. The molecule has 1 aromatic rings. The summed E-state index contributed by atoms with van der Waals surface area (Å²) >= 11 is 0. The van der Waals surface area contributed by atoms with E-state index in [-0.39, 0.29) is 0 Å². The van der Waals surface area contributed by atoms with Gasteiger partial charge in [0.25, 0.3) is 0 Å². The average molecular weight is 192 g/mol. The zero-order valence-corrected chi connectivity index (χ0v) is 8.49. The normalized spacial score (nSPS) is 16.4. The van der Waals surface area contributed by atoms with Crippen LogP contribution >= 0.6 is 0 Å². The second-order valence-electron chi connectivity index (χ2n) is 3.68. The Bertz CT molecular complexity index is 297. The van der Waals surface area contributed by atoms with Crippen molar-refractivity contribution in [2.24, 2.45) is 0 Å². The minimum absolute atomic E-state index is 0.444. The largest absolute Gasteiger partial charge is 0.490 e. The van der Waals surface area contributed by atoms with Crippen LogP contribution < -0.4 is 10.1 Å². The molecule has 0 saturated heterocycles. The van der Waals surface area contributed by atoms with Crippen molar-refractivity contribution < 1.29 is 4.74 Å². The van der Waals surface area contributed by atoms with E-state index in [1.807, 2.05) is 19.2 Å². The highest BCUT2D eigenvalue weighted by Gasteiger charge is 2.18. The Labute approximate surface area is 84.5 Å². The maximum Gasteiger partial charge on any atom is 0.123 e. The van der Waals surface area contributed by atoms with Crippen LogP contribution in [0, 0.1) is 0 Å². The number of hydrogen-bond acceptors (Lipinski definition) is 3. The van der Waals surface area contributed by atoms with E-state index in [4.69, 9.17) is 4.74 Å². The number of pyridine rings is 1. The summed E-state index contributed by atoms with van der Waals surface area (Å²) in [5.41, 5.74) is 1.03.